The summed E-state index contributed by atoms with van der Waals surface area (Å²) in [5, 5.41) is 0.962. The zero-order valence-electron chi connectivity index (χ0n) is 21.5. The summed E-state index contributed by atoms with van der Waals surface area (Å²) in [5.41, 5.74) is 5.25. The summed E-state index contributed by atoms with van der Waals surface area (Å²) in [7, 11) is 0. The van der Waals surface area contributed by atoms with Crippen LogP contribution in [-0.4, -0.2) is 28.1 Å². The Labute approximate surface area is 220 Å². The van der Waals surface area contributed by atoms with Crippen LogP contribution in [0.25, 0.3) is 22.1 Å². The van der Waals surface area contributed by atoms with Crippen LogP contribution in [-0.2, 0) is 33.9 Å². The molecule has 0 aliphatic heterocycles. The molecule has 0 N–H and O–H groups in total. The third kappa shape index (κ3) is 6.81. The van der Waals surface area contributed by atoms with Crippen molar-refractivity contribution in [2.45, 2.75) is 45.5 Å². The first-order valence-electron chi connectivity index (χ1n) is 12.2. The lowest BCUT2D eigenvalue weighted by atomic mass is 9.99. The Morgan fingerprint density at radius 3 is 2.68 bits per heavy atom. The molecule has 0 spiro atoms. The predicted molar refractivity (Wildman–Crippen MR) is 148 cm³/mol. The summed E-state index contributed by atoms with van der Waals surface area (Å²) in [6, 6.07) is 21.4. The van der Waals surface area contributed by atoms with Gasteiger partial charge in [-0.05, 0) is 74.7 Å². The molecule has 0 aliphatic carbocycles. The van der Waals surface area contributed by atoms with Crippen molar-refractivity contribution in [1.82, 2.24) is 0 Å². The molecule has 4 rings (SSSR count). The Morgan fingerprint density at radius 2 is 1.89 bits per heavy atom. The van der Waals surface area contributed by atoms with Crippen molar-refractivity contribution in [3.63, 3.8) is 0 Å². The largest absolute Gasteiger partial charge is 0.591 e. The molecule has 1 unspecified atom stereocenters. The van der Waals surface area contributed by atoms with Gasteiger partial charge in [-0.15, -0.1) is 0 Å². The normalized spacial score (nSPS) is 12.7. The molecule has 37 heavy (non-hydrogen) atoms. The summed E-state index contributed by atoms with van der Waals surface area (Å²) < 4.78 is 33.2. The summed E-state index contributed by atoms with van der Waals surface area (Å²) in [4.78, 5) is 12.0. The number of hydrogen-bond donors (Lipinski definition) is 0. The van der Waals surface area contributed by atoms with Crippen molar-refractivity contribution >= 4 is 34.5 Å². The summed E-state index contributed by atoms with van der Waals surface area (Å²) in [5.74, 6) is 0.366. The lowest BCUT2D eigenvalue weighted by molar-refractivity contribution is -0.142. The van der Waals surface area contributed by atoms with Gasteiger partial charge >= 0.3 is 5.97 Å². The van der Waals surface area contributed by atoms with Crippen molar-refractivity contribution < 1.29 is 23.2 Å². The van der Waals surface area contributed by atoms with Crippen LogP contribution in [0.1, 0.15) is 44.4 Å². The zero-order chi connectivity index (χ0) is 26.4. The van der Waals surface area contributed by atoms with E-state index < -0.39 is 16.1 Å². The molecular formula is C30H31NO5S. The second-order valence-electron chi connectivity index (χ2n) is 9.58. The van der Waals surface area contributed by atoms with Crippen LogP contribution in [0.3, 0.4) is 0 Å². The Bertz CT molecular complexity index is 1400. The molecule has 0 aliphatic rings. The first-order valence-corrected chi connectivity index (χ1v) is 13.3. The molecule has 0 amide bonds. The maximum atomic E-state index is 12.3. The van der Waals surface area contributed by atoms with E-state index in [2.05, 4.69) is 4.40 Å². The Balaban J connectivity index is 1.60. The molecule has 0 saturated heterocycles. The van der Waals surface area contributed by atoms with Gasteiger partial charge in [0, 0.05) is 16.5 Å². The van der Waals surface area contributed by atoms with Crippen LogP contribution >= 0.6 is 0 Å². The van der Waals surface area contributed by atoms with E-state index in [4.69, 9.17) is 13.9 Å². The van der Waals surface area contributed by atoms with Crippen molar-refractivity contribution in [2.75, 3.05) is 6.61 Å². The molecule has 6 nitrogen and oxygen atoms in total. The Hall–Kier alpha value is -3.55. The van der Waals surface area contributed by atoms with Crippen LogP contribution in [0.5, 0.6) is 5.75 Å². The third-order valence-corrected chi connectivity index (χ3v) is 6.98. The van der Waals surface area contributed by atoms with Gasteiger partial charge in [0.1, 0.15) is 34.0 Å². The van der Waals surface area contributed by atoms with Gasteiger partial charge in [0.2, 0.25) is 0 Å². The van der Waals surface area contributed by atoms with Crippen molar-refractivity contribution in [3.8, 4) is 16.9 Å². The molecule has 1 heterocycles. The third-order valence-electron chi connectivity index (χ3n) is 5.64. The van der Waals surface area contributed by atoms with E-state index in [9.17, 15) is 9.35 Å². The van der Waals surface area contributed by atoms with Crippen molar-refractivity contribution in [2.24, 2.45) is 4.40 Å². The number of esters is 1. The van der Waals surface area contributed by atoms with E-state index in [-0.39, 0.29) is 12.4 Å². The molecule has 192 valence electrons. The fourth-order valence-corrected chi connectivity index (χ4v) is 4.35. The van der Waals surface area contributed by atoms with Crippen LogP contribution < -0.4 is 4.74 Å². The standard InChI is InChI=1S/C30H31NO5S/c1-5-34-28(32)18-24-10-6-7-12-27(24)36-20-22-16-25-13-14-35-29(25)26(17-22)23-11-8-9-21(15-23)19-31-37(33)30(2,3)4/h6-17,19H,5,18,20H2,1-4H3. The summed E-state index contributed by atoms with van der Waals surface area (Å²) in [6.07, 6.45) is 3.48. The van der Waals surface area contributed by atoms with Crippen LogP contribution in [0, 0.1) is 0 Å². The van der Waals surface area contributed by atoms with E-state index in [0.717, 1.165) is 38.8 Å². The number of rotatable bonds is 9. The first-order chi connectivity index (χ1) is 17.7. The van der Waals surface area contributed by atoms with Gasteiger partial charge in [0.05, 0.1) is 25.5 Å². The average molecular weight is 518 g/mol. The average Bonchev–Trinajstić information content (AvgIpc) is 3.35. The van der Waals surface area contributed by atoms with Gasteiger partial charge in [-0.3, -0.25) is 4.79 Å². The SMILES string of the molecule is CCOC(=O)Cc1ccccc1OCc1cc(-c2cccc(C=N[S+]([O-])C(C)(C)C)c2)c2occc2c1. The highest BCUT2D eigenvalue weighted by Crippen LogP contribution is 2.32. The quantitative estimate of drug-likeness (QED) is 0.141. The highest BCUT2D eigenvalue weighted by molar-refractivity contribution is 7.91. The maximum absolute atomic E-state index is 12.3. The number of fused-ring (bicyclic) bond motifs is 1. The Morgan fingerprint density at radius 1 is 1.08 bits per heavy atom. The Kier molecular flexibility index (Phi) is 8.36. The molecule has 0 bridgehead atoms. The minimum Gasteiger partial charge on any atom is -0.591 e. The topological polar surface area (TPSA) is 84.1 Å². The minimum absolute atomic E-state index is 0.157. The van der Waals surface area contributed by atoms with Crippen LogP contribution in [0.2, 0.25) is 0 Å². The lowest BCUT2D eigenvalue weighted by Gasteiger charge is -2.17. The van der Waals surface area contributed by atoms with Gasteiger partial charge in [-0.1, -0.05) is 40.8 Å². The van der Waals surface area contributed by atoms with Crippen molar-refractivity contribution in [3.05, 3.63) is 89.7 Å². The molecule has 4 aromatic rings. The number of hydrogen-bond acceptors (Lipinski definition) is 6. The second-order valence-corrected chi connectivity index (χ2v) is 11.5. The summed E-state index contributed by atoms with van der Waals surface area (Å²) in [6.45, 7) is 8.14. The number of benzene rings is 3. The monoisotopic (exact) mass is 517 g/mol. The van der Waals surface area contributed by atoms with Gasteiger partial charge in [-0.2, -0.15) is 0 Å². The van der Waals surface area contributed by atoms with Gasteiger partial charge in [0.15, 0.2) is 0 Å². The number of ether oxygens (including phenoxy) is 2. The predicted octanol–water partition coefficient (Wildman–Crippen LogP) is 6.67. The molecule has 3 aromatic carbocycles. The van der Waals surface area contributed by atoms with Crippen LogP contribution in [0.4, 0.5) is 0 Å². The van der Waals surface area contributed by atoms with E-state index in [1.165, 1.54) is 0 Å². The molecule has 7 heteroatoms. The number of furan rings is 1. The number of nitrogens with zero attached hydrogens (tertiary/aromatic N) is 1. The van der Waals surface area contributed by atoms with E-state index in [1.54, 1.807) is 19.4 Å². The first kappa shape index (κ1) is 26.5. The molecule has 1 aromatic heterocycles. The highest BCUT2D eigenvalue weighted by atomic mass is 32.2. The van der Waals surface area contributed by atoms with Gasteiger partial charge in [0.25, 0.3) is 0 Å². The molecular weight excluding hydrogens is 486 g/mol. The van der Waals surface area contributed by atoms with Gasteiger partial charge < -0.3 is 18.4 Å². The fourth-order valence-electron chi connectivity index (χ4n) is 3.81. The molecule has 0 saturated carbocycles. The van der Waals surface area contributed by atoms with E-state index in [0.29, 0.717) is 19.0 Å². The maximum Gasteiger partial charge on any atom is 0.310 e. The molecule has 1 atom stereocenters. The minimum atomic E-state index is -1.33. The summed E-state index contributed by atoms with van der Waals surface area (Å²) >= 11 is -1.33. The zero-order valence-corrected chi connectivity index (χ0v) is 22.3. The van der Waals surface area contributed by atoms with Crippen molar-refractivity contribution in [1.29, 1.82) is 0 Å². The number of carbonyl (C=O) groups is 1. The number of carbonyl (C=O) groups excluding carboxylic acids is 1. The highest BCUT2D eigenvalue weighted by Gasteiger charge is 2.25. The second kappa shape index (κ2) is 11.7. The van der Waals surface area contributed by atoms with E-state index >= 15 is 0 Å². The lowest BCUT2D eigenvalue weighted by Crippen LogP contribution is -2.25. The molecule has 0 radical (unpaired) electrons. The molecule has 0 fully saturated rings. The van der Waals surface area contributed by atoms with Crippen LogP contribution in [0.15, 0.2) is 81.8 Å². The van der Waals surface area contributed by atoms with E-state index in [1.807, 2.05) is 87.5 Å². The fraction of sp³-hybridized carbons (Fsp3) is 0.267. The number of para-hydroxylation sites is 1. The van der Waals surface area contributed by atoms with Gasteiger partial charge in [-0.25, -0.2) is 0 Å². The smallest absolute Gasteiger partial charge is 0.310 e.